The van der Waals surface area contributed by atoms with E-state index in [0.717, 1.165) is 12.5 Å². The van der Waals surface area contributed by atoms with Gasteiger partial charge in [-0.1, -0.05) is 19.9 Å². The van der Waals surface area contributed by atoms with Gasteiger partial charge in [-0.25, -0.2) is 9.18 Å². The van der Waals surface area contributed by atoms with E-state index in [9.17, 15) is 14.0 Å². The number of esters is 1. The van der Waals surface area contributed by atoms with Gasteiger partial charge in [-0.05, 0) is 30.5 Å². The van der Waals surface area contributed by atoms with Crippen molar-refractivity contribution in [1.82, 2.24) is 4.98 Å². The lowest BCUT2D eigenvalue weighted by Crippen LogP contribution is -2.13. The molecule has 0 saturated heterocycles. The highest BCUT2D eigenvalue weighted by atomic mass is 19.1. The molecule has 0 unspecified atom stereocenters. The van der Waals surface area contributed by atoms with Crippen molar-refractivity contribution in [1.29, 1.82) is 0 Å². The molecule has 1 heterocycles. The molecular formula is C18H20FNO4. The summed E-state index contributed by atoms with van der Waals surface area (Å²) in [5, 5.41) is 0. The van der Waals surface area contributed by atoms with Crippen molar-refractivity contribution in [3.05, 3.63) is 63.8 Å². The molecule has 1 aromatic heterocycles. The van der Waals surface area contributed by atoms with Gasteiger partial charge >= 0.3 is 5.97 Å². The number of pyridine rings is 1. The Labute approximate surface area is 139 Å². The van der Waals surface area contributed by atoms with Crippen LogP contribution < -0.4 is 10.2 Å². The molecule has 0 aliphatic rings. The fourth-order valence-corrected chi connectivity index (χ4v) is 1.94. The van der Waals surface area contributed by atoms with Crippen LogP contribution >= 0.6 is 0 Å². The molecule has 0 radical (unpaired) electrons. The molecule has 128 valence electrons. The Morgan fingerprint density at radius 1 is 1.29 bits per heavy atom. The van der Waals surface area contributed by atoms with Crippen LogP contribution in [0.3, 0.4) is 0 Å². The minimum Gasteiger partial charge on any atom is -0.488 e. The molecular weight excluding hydrogens is 313 g/mol. The number of ether oxygens (including phenoxy) is 2. The van der Waals surface area contributed by atoms with E-state index < -0.39 is 11.8 Å². The van der Waals surface area contributed by atoms with Crippen LogP contribution in [0, 0.1) is 11.7 Å². The zero-order valence-corrected chi connectivity index (χ0v) is 13.7. The van der Waals surface area contributed by atoms with Crippen LogP contribution in [0.25, 0.3) is 0 Å². The second-order valence-electron chi connectivity index (χ2n) is 5.80. The molecule has 0 bridgehead atoms. The summed E-state index contributed by atoms with van der Waals surface area (Å²) in [7, 11) is 0. The van der Waals surface area contributed by atoms with Crippen LogP contribution in [-0.4, -0.2) is 17.6 Å². The summed E-state index contributed by atoms with van der Waals surface area (Å²) in [6.45, 7) is 4.50. The number of benzene rings is 1. The summed E-state index contributed by atoms with van der Waals surface area (Å²) in [6.07, 6.45) is 2.31. The van der Waals surface area contributed by atoms with Gasteiger partial charge in [0.2, 0.25) is 5.43 Å². The van der Waals surface area contributed by atoms with Gasteiger partial charge in [-0.3, -0.25) is 4.79 Å². The topological polar surface area (TPSA) is 68.4 Å². The highest BCUT2D eigenvalue weighted by Crippen LogP contribution is 2.09. The van der Waals surface area contributed by atoms with E-state index in [1.807, 2.05) is 0 Å². The maximum Gasteiger partial charge on any atom is 0.338 e. The maximum absolute atomic E-state index is 13.1. The van der Waals surface area contributed by atoms with E-state index >= 15 is 0 Å². The molecule has 0 aliphatic heterocycles. The first-order valence-electron chi connectivity index (χ1n) is 7.73. The predicted octanol–water partition coefficient (Wildman–Crippen LogP) is 3.30. The van der Waals surface area contributed by atoms with Gasteiger partial charge in [0, 0.05) is 12.3 Å². The number of carbonyl (C=O) groups excluding carboxylic acids is 1. The fraction of sp³-hybridized carbons (Fsp3) is 0.333. The van der Waals surface area contributed by atoms with Gasteiger partial charge in [0.25, 0.3) is 0 Å². The molecule has 1 aromatic carbocycles. The van der Waals surface area contributed by atoms with Gasteiger partial charge in [0.1, 0.15) is 12.4 Å². The molecule has 6 heteroatoms. The third-order valence-corrected chi connectivity index (χ3v) is 3.31. The van der Waals surface area contributed by atoms with E-state index in [1.165, 1.54) is 30.5 Å². The summed E-state index contributed by atoms with van der Waals surface area (Å²) in [5.41, 5.74) is 0.265. The molecule has 1 N–H and O–H groups in total. The normalized spacial score (nSPS) is 10.7. The number of carbonyl (C=O) groups is 1. The number of H-pyrrole nitrogens is 1. The highest BCUT2D eigenvalue weighted by molar-refractivity contribution is 5.89. The van der Waals surface area contributed by atoms with Crippen molar-refractivity contribution in [2.45, 2.75) is 26.9 Å². The molecule has 0 aliphatic carbocycles. The summed E-state index contributed by atoms with van der Waals surface area (Å²) in [6, 6.07) is 6.55. The van der Waals surface area contributed by atoms with Crippen molar-refractivity contribution in [2.75, 3.05) is 6.61 Å². The predicted molar refractivity (Wildman–Crippen MR) is 87.5 cm³/mol. The van der Waals surface area contributed by atoms with E-state index in [4.69, 9.17) is 9.47 Å². The third kappa shape index (κ3) is 5.22. The van der Waals surface area contributed by atoms with Crippen LogP contribution in [0.4, 0.5) is 4.39 Å². The molecule has 0 amide bonds. The SMILES string of the molecule is CC(C)CCOc1c[nH]c(COC(=O)c2cccc(F)c2)cc1=O. The van der Waals surface area contributed by atoms with Crippen molar-refractivity contribution in [3.8, 4) is 5.75 Å². The molecule has 0 spiro atoms. The summed E-state index contributed by atoms with van der Waals surface area (Å²) in [4.78, 5) is 26.6. The molecule has 0 fully saturated rings. The summed E-state index contributed by atoms with van der Waals surface area (Å²) >= 11 is 0. The monoisotopic (exact) mass is 333 g/mol. The van der Waals surface area contributed by atoms with Crippen LogP contribution in [0.2, 0.25) is 0 Å². The first-order valence-corrected chi connectivity index (χ1v) is 7.73. The minimum atomic E-state index is -0.660. The second-order valence-corrected chi connectivity index (χ2v) is 5.80. The molecule has 24 heavy (non-hydrogen) atoms. The number of rotatable bonds is 7. The Kier molecular flexibility index (Phi) is 6.12. The number of halogens is 1. The molecule has 0 saturated carbocycles. The lowest BCUT2D eigenvalue weighted by Gasteiger charge is -2.09. The highest BCUT2D eigenvalue weighted by Gasteiger charge is 2.09. The molecule has 0 atom stereocenters. The summed E-state index contributed by atoms with van der Waals surface area (Å²) < 4.78 is 23.5. The zero-order chi connectivity index (χ0) is 17.5. The number of nitrogens with one attached hydrogen (secondary N) is 1. The lowest BCUT2D eigenvalue weighted by atomic mass is 10.1. The van der Waals surface area contributed by atoms with E-state index in [1.54, 1.807) is 0 Å². The second kappa shape index (κ2) is 8.29. The van der Waals surface area contributed by atoms with E-state index in [2.05, 4.69) is 18.8 Å². The number of hydrogen-bond donors (Lipinski definition) is 1. The molecule has 2 aromatic rings. The average Bonchev–Trinajstić information content (AvgIpc) is 2.54. The Morgan fingerprint density at radius 3 is 2.75 bits per heavy atom. The van der Waals surface area contributed by atoms with Crippen molar-refractivity contribution in [3.63, 3.8) is 0 Å². The number of aromatic nitrogens is 1. The Balaban J connectivity index is 1.92. The summed E-state index contributed by atoms with van der Waals surface area (Å²) in [5.74, 6) is -0.449. The molecule has 5 nitrogen and oxygen atoms in total. The van der Waals surface area contributed by atoms with Crippen LogP contribution in [0.15, 0.2) is 41.3 Å². The molecule has 2 rings (SSSR count). The average molecular weight is 333 g/mol. The minimum absolute atomic E-state index is 0.114. The Morgan fingerprint density at radius 2 is 2.08 bits per heavy atom. The van der Waals surface area contributed by atoms with Crippen molar-refractivity contribution >= 4 is 5.97 Å². The van der Waals surface area contributed by atoms with E-state index in [-0.39, 0.29) is 23.3 Å². The van der Waals surface area contributed by atoms with Gasteiger partial charge in [-0.2, -0.15) is 0 Å². The van der Waals surface area contributed by atoms with Crippen molar-refractivity contribution in [2.24, 2.45) is 5.92 Å². The Hall–Kier alpha value is -2.63. The van der Waals surface area contributed by atoms with E-state index in [0.29, 0.717) is 18.2 Å². The van der Waals surface area contributed by atoms with Crippen molar-refractivity contribution < 1.29 is 18.7 Å². The number of hydrogen-bond acceptors (Lipinski definition) is 4. The van der Waals surface area contributed by atoms with Crippen LogP contribution in [0.5, 0.6) is 5.75 Å². The van der Waals surface area contributed by atoms with Crippen LogP contribution in [-0.2, 0) is 11.3 Å². The largest absolute Gasteiger partial charge is 0.488 e. The van der Waals surface area contributed by atoms with Gasteiger partial charge in [0.15, 0.2) is 5.75 Å². The Bertz CT molecular complexity index is 755. The zero-order valence-electron chi connectivity index (χ0n) is 13.7. The first-order chi connectivity index (χ1) is 11.5. The van der Waals surface area contributed by atoms with Gasteiger partial charge in [-0.15, -0.1) is 0 Å². The van der Waals surface area contributed by atoms with Gasteiger partial charge in [0.05, 0.1) is 17.9 Å². The first kappa shape index (κ1) is 17.7. The third-order valence-electron chi connectivity index (χ3n) is 3.31. The maximum atomic E-state index is 13.1. The quantitative estimate of drug-likeness (QED) is 0.790. The fourth-order valence-electron chi connectivity index (χ4n) is 1.94. The van der Waals surface area contributed by atoms with Crippen LogP contribution in [0.1, 0.15) is 36.3 Å². The smallest absolute Gasteiger partial charge is 0.338 e. The number of aromatic amines is 1. The van der Waals surface area contributed by atoms with Gasteiger partial charge < -0.3 is 14.5 Å². The lowest BCUT2D eigenvalue weighted by molar-refractivity contribution is 0.0467. The standard InChI is InChI=1S/C18H20FNO4/c1-12(2)6-7-23-17-10-20-15(9-16(17)21)11-24-18(22)13-4-3-5-14(19)8-13/h3-5,8-10,12H,6-7,11H2,1-2H3,(H,20,21).